The van der Waals surface area contributed by atoms with E-state index in [0.29, 0.717) is 13.2 Å². The Morgan fingerprint density at radius 1 is 1.45 bits per heavy atom. The molecule has 0 aliphatic carbocycles. The molecular weight excluding hydrogens is 257 g/mol. The molecule has 0 unspecified atom stereocenters. The minimum Gasteiger partial charge on any atom is -0.383 e. The summed E-state index contributed by atoms with van der Waals surface area (Å²) in [4.78, 5) is 6.43. The Bertz CT molecular complexity index is 399. The van der Waals surface area contributed by atoms with Crippen LogP contribution in [0.3, 0.4) is 0 Å². The summed E-state index contributed by atoms with van der Waals surface area (Å²) in [5.74, 6) is 0.541. The van der Waals surface area contributed by atoms with Crippen molar-refractivity contribution >= 4 is 5.82 Å². The zero-order chi connectivity index (χ0) is 15.0. The molecule has 1 aromatic heterocycles. The maximum atomic E-state index is 13.4. The van der Waals surface area contributed by atoms with Gasteiger partial charge in [0.2, 0.25) is 0 Å². The van der Waals surface area contributed by atoms with E-state index in [0.717, 1.165) is 30.9 Å². The number of rotatable bonds is 9. The monoisotopic (exact) mass is 283 g/mol. The number of halogens is 1. The molecule has 0 bridgehead atoms. The van der Waals surface area contributed by atoms with Gasteiger partial charge in [0, 0.05) is 31.8 Å². The Hall–Kier alpha value is -1.20. The lowest BCUT2D eigenvalue weighted by Crippen LogP contribution is -2.35. The smallest absolute Gasteiger partial charge is 0.141 e. The van der Waals surface area contributed by atoms with E-state index in [9.17, 15) is 4.39 Å². The van der Waals surface area contributed by atoms with Crippen molar-refractivity contribution in [3.05, 3.63) is 23.6 Å². The number of pyridine rings is 1. The lowest BCUT2D eigenvalue weighted by molar-refractivity contribution is 0.203. The molecule has 0 spiro atoms. The normalized spacial score (nSPS) is 11.1. The fourth-order valence-corrected chi connectivity index (χ4v) is 2.06. The Morgan fingerprint density at radius 3 is 2.80 bits per heavy atom. The minimum absolute atomic E-state index is 0.285. The third-order valence-electron chi connectivity index (χ3n) is 3.08. The van der Waals surface area contributed by atoms with Crippen molar-refractivity contribution in [2.75, 3.05) is 31.7 Å². The highest BCUT2D eigenvalue weighted by atomic mass is 19.1. The van der Waals surface area contributed by atoms with Crippen LogP contribution in [-0.2, 0) is 11.3 Å². The number of anilines is 1. The van der Waals surface area contributed by atoms with Crippen molar-refractivity contribution in [1.29, 1.82) is 0 Å². The van der Waals surface area contributed by atoms with E-state index < -0.39 is 0 Å². The van der Waals surface area contributed by atoms with E-state index in [4.69, 9.17) is 4.74 Å². The summed E-state index contributed by atoms with van der Waals surface area (Å²) >= 11 is 0. The Morgan fingerprint density at radius 2 is 2.20 bits per heavy atom. The lowest BCUT2D eigenvalue weighted by atomic mass is 10.2. The predicted molar refractivity (Wildman–Crippen MR) is 80.6 cm³/mol. The second-order valence-electron chi connectivity index (χ2n) is 5.09. The molecule has 0 fully saturated rings. The molecule has 0 aliphatic rings. The fourth-order valence-electron chi connectivity index (χ4n) is 2.06. The van der Waals surface area contributed by atoms with Gasteiger partial charge < -0.3 is 15.0 Å². The van der Waals surface area contributed by atoms with Crippen LogP contribution in [0.4, 0.5) is 10.2 Å². The highest BCUT2D eigenvalue weighted by Gasteiger charge is 2.16. The number of hydrogen-bond donors (Lipinski definition) is 1. The van der Waals surface area contributed by atoms with Crippen LogP contribution in [0.5, 0.6) is 0 Å². The number of nitrogens with one attached hydrogen (secondary N) is 1. The van der Waals surface area contributed by atoms with Gasteiger partial charge in [-0.2, -0.15) is 0 Å². The van der Waals surface area contributed by atoms with E-state index in [1.807, 2.05) is 0 Å². The van der Waals surface area contributed by atoms with Crippen molar-refractivity contribution in [3.8, 4) is 0 Å². The van der Waals surface area contributed by atoms with Gasteiger partial charge in [0.25, 0.3) is 0 Å². The Balaban J connectivity index is 2.93. The van der Waals surface area contributed by atoms with Crippen molar-refractivity contribution in [2.45, 2.75) is 39.8 Å². The van der Waals surface area contributed by atoms with Crippen molar-refractivity contribution in [2.24, 2.45) is 0 Å². The van der Waals surface area contributed by atoms with E-state index in [1.165, 1.54) is 6.20 Å². The quantitative estimate of drug-likeness (QED) is 0.707. The van der Waals surface area contributed by atoms with E-state index in [-0.39, 0.29) is 11.9 Å². The van der Waals surface area contributed by atoms with Crippen LogP contribution in [0.1, 0.15) is 32.8 Å². The van der Waals surface area contributed by atoms with Crippen molar-refractivity contribution in [3.63, 3.8) is 0 Å². The van der Waals surface area contributed by atoms with E-state index >= 15 is 0 Å². The molecule has 0 radical (unpaired) electrons. The molecule has 4 nitrogen and oxygen atoms in total. The zero-order valence-corrected chi connectivity index (χ0v) is 12.9. The molecule has 114 valence electrons. The second kappa shape index (κ2) is 8.87. The highest BCUT2D eigenvalue weighted by Crippen LogP contribution is 2.20. The maximum absolute atomic E-state index is 13.4. The SMILES string of the molecule is CCCNCc1cc(F)cnc1N(CCOC)C(C)C. The first-order chi connectivity index (χ1) is 9.60. The molecule has 0 aliphatic heterocycles. The Labute approximate surface area is 121 Å². The average Bonchev–Trinajstić information content (AvgIpc) is 2.41. The van der Waals surface area contributed by atoms with Crippen LogP contribution < -0.4 is 10.2 Å². The van der Waals surface area contributed by atoms with Crippen LogP contribution in [0.2, 0.25) is 0 Å². The fraction of sp³-hybridized carbons (Fsp3) is 0.667. The van der Waals surface area contributed by atoms with Gasteiger partial charge in [-0.15, -0.1) is 0 Å². The largest absolute Gasteiger partial charge is 0.383 e. The zero-order valence-electron chi connectivity index (χ0n) is 12.9. The molecule has 0 saturated carbocycles. The summed E-state index contributed by atoms with van der Waals surface area (Å²) in [6.45, 7) is 9.22. The van der Waals surface area contributed by atoms with Crippen LogP contribution in [0.15, 0.2) is 12.3 Å². The first-order valence-electron chi connectivity index (χ1n) is 7.20. The Kier molecular flexibility index (Phi) is 7.47. The van der Waals surface area contributed by atoms with Crippen molar-refractivity contribution in [1.82, 2.24) is 10.3 Å². The number of hydrogen-bond acceptors (Lipinski definition) is 4. The van der Waals surface area contributed by atoms with Gasteiger partial charge in [0.15, 0.2) is 0 Å². The number of methoxy groups -OCH3 is 1. The van der Waals surface area contributed by atoms with Gasteiger partial charge in [0.1, 0.15) is 11.6 Å². The van der Waals surface area contributed by atoms with Gasteiger partial charge in [-0.05, 0) is 32.9 Å². The lowest BCUT2D eigenvalue weighted by Gasteiger charge is -2.29. The van der Waals surface area contributed by atoms with Crippen LogP contribution in [0, 0.1) is 5.82 Å². The van der Waals surface area contributed by atoms with E-state index in [1.54, 1.807) is 13.2 Å². The third kappa shape index (κ3) is 5.06. The molecule has 1 rings (SSSR count). The summed E-state index contributed by atoms with van der Waals surface area (Å²) in [5.41, 5.74) is 0.892. The number of nitrogens with zero attached hydrogens (tertiary/aromatic N) is 2. The first kappa shape index (κ1) is 16.9. The molecule has 0 saturated heterocycles. The summed E-state index contributed by atoms with van der Waals surface area (Å²) in [7, 11) is 1.68. The summed E-state index contributed by atoms with van der Waals surface area (Å²) in [5, 5.41) is 3.30. The summed E-state index contributed by atoms with van der Waals surface area (Å²) in [6, 6.07) is 1.85. The number of aromatic nitrogens is 1. The van der Waals surface area contributed by atoms with Crippen molar-refractivity contribution < 1.29 is 9.13 Å². The topological polar surface area (TPSA) is 37.4 Å². The predicted octanol–water partition coefficient (Wildman–Crippen LogP) is 2.58. The second-order valence-corrected chi connectivity index (χ2v) is 5.09. The van der Waals surface area contributed by atoms with Gasteiger partial charge in [-0.3, -0.25) is 0 Å². The van der Waals surface area contributed by atoms with Crippen LogP contribution >= 0.6 is 0 Å². The van der Waals surface area contributed by atoms with E-state index in [2.05, 4.69) is 36.0 Å². The molecule has 1 N–H and O–H groups in total. The maximum Gasteiger partial charge on any atom is 0.141 e. The molecule has 1 heterocycles. The highest BCUT2D eigenvalue weighted by molar-refractivity contribution is 5.47. The first-order valence-corrected chi connectivity index (χ1v) is 7.20. The van der Waals surface area contributed by atoms with Gasteiger partial charge in [-0.25, -0.2) is 9.37 Å². The van der Waals surface area contributed by atoms with Crippen LogP contribution in [0.25, 0.3) is 0 Å². The molecule has 5 heteroatoms. The molecule has 0 aromatic carbocycles. The molecule has 0 amide bonds. The molecular formula is C15H26FN3O. The van der Waals surface area contributed by atoms with Gasteiger partial charge in [0.05, 0.1) is 12.8 Å². The molecule has 0 atom stereocenters. The molecule has 20 heavy (non-hydrogen) atoms. The minimum atomic E-state index is -0.294. The molecule has 1 aromatic rings. The summed E-state index contributed by atoms with van der Waals surface area (Å²) < 4.78 is 18.6. The number of ether oxygens (including phenoxy) is 1. The standard InChI is InChI=1S/C15H26FN3O/c1-5-6-17-10-13-9-14(16)11-18-15(13)19(12(2)3)7-8-20-4/h9,11-12,17H,5-8,10H2,1-4H3. The van der Waals surface area contributed by atoms with Gasteiger partial charge >= 0.3 is 0 Å². The van der Waals surface area contributed by atoms with Crippen LogP contribution in [-0.4, -0.2) is 37.8 Å². The van der Waals surface area contributed by atoms with Gasteiger partial charge in [-0.1, -0.05) is 6.92 Å². The average molecular weight is 283 g/mol. The summed E-state index contributed by atoms with van der Waals surface area (Å²) in [6.07, 6.45) is 2.33. The third-order valence-corrected chi connectivity index (χ3v) is 3.08.